The second-order valence-electron chi connectivity index (χ2n) is 7.73. The fourth-order valence-corrected chi connectivity index (χ4v) is 3.73. The fraction of sp³-hybridized carbons (Fsp3) is 0.231. The van der Waals surface area contributed by atoms with Gasteiger partial charge in [-0.15, -0.1) is 0 Å². The smallest absolute Gasteiger partial charge is 0.335 e. The fourth-order valence-electron chi connectivity index (χ4n) is 3.73. The van der Waals surface area contributed by atoms with Crippen LogP contribution in [0.4, 0.5) is 0 Å². The van der Waals surface area contributed by atoms with Crippen molar-refractivity contribution in [3.63, 3.8) is 0 Å². The molecular formula is C26H26N2O5. The third kappa shape index (κ3) is 4.92. The molecule has 7 heteroatoms. The van der Waals surface area contributed by atoms with Crippen LogP contribution in [-0.2, 0) is 19.6 Å². The summed E-state index contributed by atoms with van der Waals surface area (Å²) in [6.45, 7) is 2.94. The predicted octanol–water partition coefficient (Wildman–Crippen LogP) is 4.88. The minimum atomic E-state index is -0.978. The van der Waals surface area contributed by atoms with Crippen molar-refractivity contribution in [2.24, 2.45) is 0 Å². The maximum absolute atomic E-state index is 11.4. The molecule has 0 saturated heterocycles. The number of hydrogen-bond acceptors (Lipinski definition) is 5. The largest absolute Gasteiger partial charge is 0.493 e. The Bertz CT molecular complexity index is 1280. The first-order chi connectivity index (χ1) is 16.0. The number of benzene rings is 3. The van der Waals surface area contributed by atoms with E-state index in [2.05, 4.69) is 4.57 Å². The first-order valence-corrected chi connectivity index (χ1v) is 10.6. The van der Waals surface area contributed by atoms with Crippen LogP contribution >= 0.6 is 0 Å². The molecular weight excluding hydrogens is 420 g/mol. The van der Waals surface area contributed by atoms with E-state index < -0.39 is 5.97 Å². The summed E-state index contributed by atoms with van der Waals surface area (Å²) in [6.07, 6.45) is 0.726. The van der Waals surface area contributed by atoms with Gasteiger partial charge in [0.05, 0.1) is 30.8 Å². The number of hydrogen-bond donors (Lipinski definition) is 1. The molecule has 0 aliphatic carbocycles. The monoisotopic (exact) mass is 446 g/mol. The first-order valence-electron chi connectivity index (χ1n) is 10.6. The van der Waals surface area contributed by atoms with Gasteiger partial charge in [0.15, 0.2) is 11.5 Å². The molecule has 0 saturated carbocycles. The summed E-state index contributed by atoms with van der Waals surface area (Å²) in [4.78, 5) is 16.1. The van der Waals surface area contributed by atoms with Crippen LogP contribution in [0.1, 0.15) is 27.3 Å². The Hall–Kier alpha value is -4.00. The van der Waals surface area contributed by atoms with Crippen LogP contribution < -0.4 is 14.2 Å². The van der Waals surface area contributed by atoms with Crippen molar-refractivity contribution < 1.29 is 24.1 Å². The van der Waals surface area contributed by atoms with E-state index in [1.165, 1.54) is 0 Å². The molecule has 0 aliphatic heterocycles. The third-order valence-electron chi connectivity index (χ3n) is 5.54. The molecule has 0 amide bonds. The zero-order valence-electron chi connectivity index (χ0n) is 18.9. The summed E-state index contributed by atoms with van der Waals surface area (Å²) in [6, 6.07) is 18.7. The van der Waals surface area contributed by atoms with Gasteiger partial charge in [-0.3, -0.25) is 0 Å². The zero-order chi connectivity index (χ0) is 23.4. The van der Waals surface area contributed by atoms with Gasteiger partial charge in [0.2, 0.25) is 0 Å². The van der Waals surface area contributed by atoms with Crippen molar-refractivity contribution >= 4 is 17.0 Å². The number of carboxylic acid groups (broad SMARTS) is 1. The van der Waals surface area contributed by atoms with E-state index >= 15 is 0 Å². The highest BCUT2D eigenvalue weighted by atomic mass is 16.5. The van der Waals surface area contributed by atoms with Gasteiger partial charge in [0, 0.05) is 6.54 Å². The summed E-state index contributed by atoms with van der Waals surface area (Å²) < 4.78 is 18.8. The number of ether oxygens (including phenoxy) is 3. The molecule has 170 valence electrons. The first kappa shape index (κ1) is 22.2. The van der Waals surface area contributed by atoms with Crippen molar-refractivity contribution in [2.45, 2.75) is 26.5 Å². The van der Waals surface area contributed by atoms with Gasteiger partial charge < -0.3 is 23.9 Å². The molecule has 4 aromatic rings. The quantitative estimate of drug-likeness (QED) is 0.395. The Morgan fingerprint density at radius 1 is 0.970 bits per heavy atom. The zero-order valence-corrected chi connectivity index (χ0v) is 18.9. The molecule has 0 bridgehead atoms. The normalized spacial score (nSPS) is 10.9. The van der Waals surface area contributed by atoms with Crippen LogP contribution in [-0.4, -0.2) is 34.8 Å². The van der Waals surface area contributed by atoms with Crippen LogP contribution in [0.15, 0.2) is 60.7 Å². The third-order valence-corrected chi connectivity index (χ3v) is 5.54. The van der Waals surface area contributed by atoms with Gasteiger partial charge >= 0.3 is 5.97 Å². The molecule has 1 aromatic heterocycles. The molecule has 33 heavy (non-hydrogen) atoms. The number of carbonyl (C=O) groups is 1. The van der Waals surface area contributed by atoms with E-state index in [9.17, 15) is 9.90 Å². The molecule has 0 fully saturated rings. The molecule has 1 N–H and O–H groups in total. The number of nitrogens with zero attached hydrogens (tertiary/aromatic N) is 2. The van der Waals surface area contributed by atoms with E-state index in [1.807, 2.05) is 49.4 Å². The minimum absolute atomic E-state index is 0.207. The van der Waals surface area contributed by atoms with E-state index in [0.29, 0.717) is 23.6 Å². The highest BCUT2D eigenvalue weighted by molar-refractivity contribution is 5.92. The van der Waals surface area contributed by atoms with Gasteiger partial charge in [-0.05, 0) is 61.4 Å². The number of aromatic nitrogens is 2. The Kier molecular flexibility index (Phi) is 6.49. The molecule has 0 radical (unpaired) electrons. The van der Waals surface area contributed by atoms with Crippen LogP contribution in [0.5, 0.6) is 17.2 Å². The lowest BCUT2D eigenvalue weighted by molar-refractivity contribution is 0.0697. The number of methoxy groups -OCH3 is 2. The predicted molar refractivity (Wildman–Crippen MR) is 125 cm³/mol. The van der Waals surface area contributed by atoms with E-state index in [-0.39, 0.29) is 12.2 Å². The van der Waals surface area contributed by atoms with Gasteiger partial charge in [-0.2, -0.15) is 0 Å². The maximum Gasteiger partial charge on any atom is 0.335 e. The lowest BCUT2D eigenvalue weighted by Gasteiger charge is -2.12. The maximum atomic E-state index is 11.4. The molecule has 0 atom stereocenters. The van der Waals surface area contributed by atoms with E-state index in [1.54, 1.807) is 32.4 Å². The van der Waals surface area contributed by atoms with Crippen LogP contribution in [0.2, 0.25) is 0 Å². The number of fused-ring (bicyclic) bond motifs is 1. The lowest BCUT2D eigenvalue weighted by Crippen LogP contribution is -2.09. The number of rotatable bonds is 9. The molecule has 1 heterocycles. The Morgan fingerprint density at radius 2 is 1.73 bits per heavy atom. The van der Waals surface area contributed by atoms with E-state index in [4.69, 9.17) is 19.2 Å². The summed E-state index contributed by atoms with van der Waals surface area (Å²) in [5.74, 6) is 1.87. The number of aromatic carboxylic acids is 1. The Balaban J connectivity index is 1.63. The van der Waals surface area contributed by atoms with Crippen molar-refractivity contribution in [2.75, 3.05) is 14.2 Å². The molecule has 0 aliphatic rings. The van der Waals surface area contributed by atoms with E-state index in [0.717, 1.165) is 34.6 Å². The van der Waals surface area contributed by atoms with Crippen molar-refractivity contribution in [1.29, 1.82) is 0 Å². The summed E-state index contributed by atoms with van der Waals surface area (Å²) in [7, 11) is 3.23. The van der Waals surface area contributed by atoms with Crippen molar-refractivity contribution in [1.82, 2.24) is 9.55 Å². The molecule has 0 unspecified atom stereocenters. The highest BCUT2D eigenvalue weighted by Crippen LogP contribution is 2.28. The number of aryl methyl sites for hydroxylation is 3. The van der Waals surface area contributed by atoms with Crippen LogP contribution in [0, 0.1) is 6.92 Å². The average Bonchev–Trinajstić information content (AvgIpc) is 3.18. The van der Waals surface area contributed by atoms with Crippen LogP contribution in [0.25, 0.3) is 11.0 Å². The van der Waals surface area contributed by atoms with Gasteiger partial charge in [-0.1, -0.05) is 23.8 Å². The molecule has 0 spiro atoms. The Morgan fingerprint density at radius 3 is 2.42 bits per heavy atom. The molecule has 7 nitrogen and oxygen atoms in total. The second kappa shape index (κ2) is 9.65. The lowest BCUT2D eigenvalue weighted by atomic mass is 10.1. The van der Waals surface area contributed by atoms with Crippen molar-refractivity contribution in [3.05, 3.63) is 83.2 Å². The highest BCUT2D eigenvalue weighted by Gasteiger charge is 2.15. The SMILES string of the molecule is COc1ccc(CCn2c(COc3ccc(C)cc3)nc3cc(C(=O)O)ccc32)cc1OC. The summed E-state index contributed by atoms with van der Waals surface area (Å²) >= 11 is 0. The Labute approximate surface area is 192 Å². The van der Waals surface area contributed by atoms with Gasteiger partial charge in [-0.25, -0.2) is 9.78 Å². The minimum Gasteiger partial charge on any atom is -0.493 e. The number of carboxylic acids is 1. The van der Waals surface area contributed by atoms with Gasteiger partial charge in [0.25, 0.3) is 0 Å². The summed E-state index contributed by atoms with van der Waals surface area (Å²) in [5, 5.41) is 9.36. The second-order valence-corrected chi connectivity index (χ2v) is 7.73. The number of imidazole rings is 1. The van der Waals surface area contributed by atoms with Crippen LogP contribution in [0.3, 0.4) is 0 Å². The van der Waals surface area contributed by atoms with Gasteiger partial charge in [0.1, 0.15) is 18.2 Å². The standard InChI is InChI=1S/C26H26N2O5/c1-17-4-8-20(9-5-17)33-16-25-27-21-15-19(26(29)30)7-10-22(21)28(25)13-12-18-6-11-23(31-2)24(14-18)32-3/h4-11,14-15H,12-13,16H2,1-3H3,(H,29,30). The van der Waals surface area contributed by atoms with Crippen molar-refractivity contribution in [3.8, 4) is 17.2 Å². The topological polar surface area (TPSA) is 82.8 Å². The average molecular weight is 447 g/mol. The summed E-state index contributed by atoms with van der Waals surface area (Å²) in [5.41, 5.74) is 3.94. The molecule has 4 rings (SSSR count). The molecule has 3 aromatic carbocycles.